The molecule has 0 unspecified atom stereocenters. The molecule has 4 N–H and O–H groups in total. The van der Waals surface area contributed by atoms with E-state index in [1.807, 2.05) is 37.4 Å². The molecule has 0 amide bonds. The van der Waals surface area contributed by atoms with Gasteiger partial charge in [0, 0.05) is 23.6 Å². The topological polar surface area (TPSA) is 122 Å². The molecule has 1 saturated heterocycles. The third-order valence-corrected chi connectivity index (χ3v) is 6.13. The van der Waals surface area contributed by atoms with E-state index in [9.17, 15) is 20.4 Å². The Labute approximate surface area is 226 Å². The largest absolute Gasteiger partial charge is 1.00 e. The van der Waals surface area contributed by atoms with Gasteiger partial charge in [0.25, 0.3) is 0 Å². The Balaban J connectivity index is 0.00000361. The Kier molecular flexibility index (Phi) is 9.50. The summed E-state index contributed by atoms with van der Waals surface area (Å²) in [5.41, 5.74) is 2.87. The van der Waals surface area contributed by atoms with Gasteiger partial charge in [0.2, 0.25) is 23.3 Å². The third kappa shape index (κ3) is 5.58. The molecule has 5 atom stereocenters. The molecule has 1 aliphatic heterocycles. The van der Waals surface area contributed by atoms with Crippen LogP contribution in [0.25, 0.3) is 23.1 Å². The van der Waals surface area contributed by atoms with E-state index in [1.165, 1.54) is 14.2 Å². The second-order valence-electron chi connectivity index (χ2n) is 8.28. The van der Waals surface area contributed by atoms with Crippen LogP contribution < -0.4 is 42.8 Å². The van der Waals surface area contributed by atoms with Gasteiger partial charge in [-0.1, -0.05) is 12.1 Å². The van der Waals surface area contributed by atoms with Crippen molar-refractivity contribution in [3.8, 4) is 17.2 Å². The summed E-state index contributed by atoms with van der Waals surface area (Å²) in [6.45, 7) is -0.561. The molecule has 194 valence electrons. The Morgan fingerprint density at radius 2 is 1.58 bits per heavy atom. The summed E-state index contributed by atoms with van der Waals surface area (Å²) < 4.78 is 24.4. The van der Waals surface area contributed by atoms with Gasteiger partial charge in [0.05, 0.1) is 20.8 Å². The maximum absolute atomic E-state index is 10.3. The van der Waals surface area contributed by atoms with Crippen molar-refractivity contribution in [2.24, 2.45) is 7.05 Å². The second-order valence-corrected chi connectivity index (χ2v) is 8.28. The smallest absolute Gasteiger partial charge is 0.229 e. The molecule has 10 heteroatoms. The molecule has 1 fully saturated rings. The van der Waals surface area contributed by atoms with E-state index in [1.54, 1.807) is 12.1 Å². The van der Waals surface area contributed by atoms with Gasteiger partial charge in [-0.25, -0.2) is 0 Å². The van der Waals surface area contributed by atoms with Gasteiger partial charge < -0.3 is 63.4 Å². The Bertz CT molecular complexity index is 1190. The highest BCUT2D eigenvalue weighted by Gasteiger charge is 2.45. The van der Waals surface area contributed by atoms with Gasteiger partial charge in [0.1, 0.15) is 31.5 Å². The molecule has 3 aromatic rings. The molecule has 0 radical (unpaired) electrons. The normalized spacial score (nSPS) is 23.9. The van der Waals surface area contributed by atoms with Crippen LogP contribution in [-0.4, -0.2) is 72.0 Å². The van der Waals surface area contributed by atoms with Crippen molar-refractivity contribution in [1.29, 1.82) is 0 Å². The zero-order chi connectivity index (χ0) is 25.1. The Morgan fingerprint density at radius 1 is 0.917 bits per heavy atom. The van der Waals surface area contributed by atoms with E-state index in [4.69, 9.17) is 18.9 Å². The first kappa shape index (κ1) is 28.1. The fourth-order valence-corrected chi connectivity index (χ4v) is 4.10. The van der Waals surface area contributed by atoms with Gasteiger partial charge in [0.15, 0.2) is 11.5 Å². The van der Waals surface area contributed by atoms with E-state index in [0.717, 1.165) is 22.2 Å². The number of nitrogens with zero attached hydrogens (tertiary/aromatic N) is 1. The van der Waals surface area contributed by atoms with Crippen LogP contribution in [0.1, 0.15) is 11.3 Å². The van der Waals surface area contributed by atoms with E-state index >= 15 is 0 Å². The number of aliphatic hydroxyl groups excluding tert-OH is 4. The molecule has 1 aliphatic rings. The van der Waals surface area contributed by atoms with Crippen LogP contribution >= 0.6 is 0 Å². The van der Waals surface area contributed by atoms with E-state index in [0.29, 0.717) is 11.5 Å². The third-order valence-electron chi connectivity index (χ3n) is 6.13. The van der Waals surface area contributed by atoms with Crippen molar-refractivity contribution in [3.63, 3.8) is 0 Å². The van der Waals surface area contributed by atoms with Crippen LogP contribution in [0.5, 0.6) is 17.2 Å². The highest BCUT2D eigenvalue weighted by Crippen LogP contribution is 2.41. The fraction of sp³-hybridized carbons (Fsp3) is 0.346. The maximum Gasteiger partial charge on any atom is 0.229 e. The number of aromatic nitrogens is 1. The molecular formula is C26H30INO8. The summed E-state index contributed by atoms with van der Waals surface area (Å²) in [5.74, 6) is 0.764. The lowest BCUT2D eigenvalue weighted by molar-refractivity contribution is -0.646. The monoisotopic (exact) mass is 611 g/mol. The minimum Gasteiger partial charge on any atom is -1.00 e. The number of pyridine rings is 1. The lowest BCUT2D eigenvalue weighted by Crippen LogP contribution is -3.00. The van der Waals surface area contributed by atoms with Crippen LogP contribution in [0.2, 0.25) is 0 Å². The van der Waals surface area contributed by atoms with Crippen molar-refractivity contribution in [1.82, 2.24) is 0 Å². The van der Waals surface area contributed by atoms with Gasteiger partial charge in [-0.15, -0.1) is 0 Å². The predicted molar refractivity (Wildman–Crippen MR) is 128 cm³/mol. The molecule has 0 spiro atoms. The standard InChI is InChI=1S/C26H30NO8.HI/c1-27-17(11-9-16-6-4-5-7-18(16)27)10-8-15-12-19(32-2)25(20(13-15)33-3)35-26-24(31)23(30)22(29)21(14-28)34-26;/h4-13,21-24,26,28-31H,14H2,1-3H3;1H/q+1;/p-1/b10-8+;/t21-,22+,23+,24-,26+;/m1./s1. The Morgan fingerprint density at radius 3 is 2.22 bits per heavy atom. The Hall–Kier alpha value is -2.48. The number of ether oxygens (including phenoxy) is 4. The zero-order valence-corrected chi connectivity index (χ0v) is 22.3. The van der Waals surface area contributed by atoms with Crippen LogP contribution in [0, 0.1) is 0 Å². The van der Waals surface area contributed by atoms with Crippen molar-refractivity contribution in [2.75, 3.05) is 20.8 Å². The van der Waals surface area contributed by atoms with Crippen LogP contribution in [0.4, 0.5) is 0 Å². The highest BCUT2D eigenvalue weighted by atomic mass is 127. The molecule has 4 rings (SSSR count). The van der Waals surface area contributed by atoms with Crippen molar-refractivity contribution >= 4 is 23.1 Å². The molecule has 0 saturated carbocycles. The van der Waals surface area contributed by atoms with Crippen LogP contribution in [-0.2, 0) is 11.8 Å². The van der Waals surface area contributed by atoms with E-state index in [2.05, 4.69) is 22.8 Å². The summed E-state index contributed by atoms with van der Waals surface area (Å²) in [5, 5.41) is 41.0. The first-order chi connectivity index (χ1) is 16.9. The summed E-state index contributed by atoms with van der Waals surface area (Å²) in [6, 6.07) is 15.7. The number of aliphatic hydroxyl groups is 4. The lowest BCUT2D eigenvalue weighted by Gasteiger charge is -2.39. The molecular weight excluding hydrogens is 581 g/mol. The molecule has 36 heavy (non-hydrogen) atoms. The van der Waals surface area contributed by atoms with Crippen molar-refractivity contribution < 1.29 is 67.9 Å². The number of aryl methyl sites for hydroxylation is 1. The second kappa shape index (κ2) is 12.2. The van der Waals surface area contributed by atoms with Gasteiger partial charge >= 0.3 is 0 Å². The molecule has 2 heterocycles. The number of fused-ring (bicyclic) bond motifs is 1. The van der Waals surface area contributed by atoms with E-state index in [-0.39, 0.29) is 29.7 Å². The molecule has 9 nitrogen and oxygen atoms in total. The molecule has 2 aromatic carbocycles. The SMILES string of the molecule is COc1cc(/C=C/c2ccc3ccccc3[n+]2C)cc(OC)c1O[C@@H]1O[C@H](CO)[C@H](O)[C@H](O)[C@H]1O.[I-]. The summed E-state index contributed by atoms with van der Waals surface area (Å²) in [6.07, 6.45) is -3.19. The number of para-hydroxylation sites is 1. The van der Waals surface area contributed by atoms with Crippen LogP contribution in [0.3, 0.4) is 0 Å². The van der Waals surface area contributed by atoms with E-state index < -0.39 is 37.3 Å². The van der Waals surface area contributed by atoms with Gasteiger partial charge in [-0.05, 0) is 35.9 Å². The average molecular weight is 611 g/mol. The fourth-order valence-electron chi connectivity index (χ4n) is 4.10. The number of methoxy groups -OCH3 is 2. The zero-order valence-electron chi connectivity index (χ0n) is 20.1. The van der Waals surface area contributed by atoms with Crippen molar-refractivity contribution in [3.05, 3.63) is 59.8 Å². The highest BCUT2D eigenvalue weighted by molar-refractivity contribution is 5.77. The number of halogens is 1. The number of hydrogen-bond donors (Lipinski definition) is 4. The molecule has 1 aromatic heterocycles. The minimum atomic E-state index is -1.56. The van der Waals surface area contributed by atoms with Gasteiger partial charge in [-0.2, -0.15) is 4.57 Å². The molecule has 0 bridgehead atoms. The van der Waals surface area contributed by atoms with Crippen molar-refractivity contribution in [2.45, 2.75) is 30.7 Å². The quantitative estimate of drug-likeness (QED) is 0.180. The summed E-state index contributed by atoms with van der Waals surface area (Å²) >= 11 is 0. The van der Waals surface area contributed by atoms with Gasteiger partial charge in [-0.3, -0.25) is 0 Å². The number of hydrogen-bond acceptors (Lipinski definition) is 8. The summed E-state index contributed by atoms with van der Waals surface area (Å²) in [4.78, 5) is 0. The maximum atomic E-state index is 10.3. The minimum absolute atomic E-state index is 0. The predicted octanol–water partition coefficient (Wildman–Crippen LogP) is -1.97. The number of benzene rings is 2. The number of rotatable bonds is 7. The first-order valence-electron chi connectivity index (χ1n) is 11.2. The first-order valence-corrected chi connectivity index (χ1v) is 11.2. The lowest BCUT2D eigenvalue weighted by atomic mass is 9.99. The average Bonchev–Trinajstić information content (AvgIpc) is 2.88. The van der Waals surface area contributed by atoms with Crippen LogP contribution in [0.15, 0.2) is 48.5 Å². The molecule has 0 aliphatic carbocycles. The summed E-state index contributed by atoms with van der Waals surface area (Å²) in [7, 11) is 4.93.